The molecule has 2 aliphatic rings. The van der Waals surface area contributed by atoms with Crippen LogP contribution in [0.15, 0.2) is 4.99 Å². The van der Waals surface area contributed by atoms with E-state index in [0.29, 0.717) is 6.04 Å². The summed E-state index contributed by atoms with van der Waals surface area (Å²) in [4.78, 5) is 4.47. The summed E-state index contributed by atoms with van der Waals surface area (Å²) in [6.07, 6.45) is 5.48. The van der Waals surface area contributed by atoms with E-state index in [2.05, 4.69) is 17.2 Å². The second-order valence-corrected chi connectivity index (χ2v) is 5.20. The van der Waals surface area contributed by atoms with Crippen molar-refractivity contribution in [3.05, 3.63) is 0 Å². The van der Waals surface area contributed by atoms with Crippen LogP contribution in [0.2, 0.25) is 0 Å². The maximum atomic E-state index is 4.47. The molecule has 0 bridgehead atoms. The van der Waals surface area contributed by atoms with Gasteiger partial charge in [-0.3, -0.25) is 4.99 Å². The van der Waals surface area contributed by atoms with Crippen LogP contribution >= 0.6 is 11.8 Å². The van der Waals surface area contributed by atoms with Gasteiger partial charge in [-0.05, 0) is 25.7 Å². The highest BCUT2D eigenvalue weighted by molar-refractivity contribution is 8.13. The molecule has 1 heterocycles. The fourth-order valence-corrected chi connectivity index (χ4v) is 2.60. The Balaban J connectivity index is 1.71. The Labute approximate surface area is 84.6 Å². The fraction of sp³-hybridized carbons (Fsp3) is 0.900. The molecule has 1 atom stereocenters. The van der Waals surface area contributed by atoms with Gasteiger partial charge in [-0.25, -0.2) is 0 Å². The fourth-order valence-electron chi connectivity index (χ4n) is 1.67. The first-order valence-electron chi connectivity index (χ1n) is 5.28. The Bertz CT molecular complexity index is 199. The molecule has 0 aromatic carbocycles. The van der Waals surface area contributed by atoms with Crippen molar-refractivity contribution in [1.82, 2.24) is 5.32 Å². The number of aliphatic imine (C=N–C) groups is 1. The maximum Gasteiger partial charge on any atom is 0.156 e. The molecule has 0 radical (unpaired) electrons. The van der Waals surface area contributed by atoms with E-state index >= 15 is 0 Å². The molecule has 0 saturated heterocycles. The summed E-state index contributed by atoms with van der Waals surface area (Å²) in [6, 6.07) is 0.622. The van der Waals surface area contributed by atoms with E-state index in [1.54, 1.807) is 0 Å². The highest BCUT2D eigenvalue weighted by atomic mass is 32.2. The Hall–Kier alpha value is -0.180. The molecular formula is C10H18N2S. The van der Waals surface area contributed by atoms with Crippen molar-refractivity contribution in [2.24, 2.45) is 10.9 Å². The van der Waals surface area contributed by atoms with Gasteiger partial charge in [0.05, 0.1) is 0 Å². The highest BCUT2D eigenvalue weighted by Gasteiger charge is 2.24. The van der Waals surface area contributed by atoms with Gasteiger partial charge in [-0.2, -0.15) is 0 Å². The monoisotopic (exact) mass is 198 g/mol. The molecule has 0 aromatic heterocycles. The van der Waals surface area contributed by atoms with Crippen LogP contribution in [-0.4, -0.2) is 23.5 Å². The number of rotatable bonds is 3. The summed E-state index contributed by atoms with van der Waals surface area (Å²) in [5.74, 6) is 2.25. The van der Waals surface area contributed by atoms with E-state index < -0.39 is 0 Å². The first-order valence-corrected chi connectivity index (χ1v) is 6.27. The minimum Gasteiger partial charge on any atom is -0.362 e. The molecule has 2 nitrogen and oxygen atoms in total. The molecule has 1 fully saturated rings. The third kappa shape index (κ3) is 3.22. The third-order valence-corrected chi connectivity index (χ3v) is 3.56. The van der Waals surface area contributed by atoms with Gasteiger partial charge in [0.25, 0.3) is 0 Å². The van der Waals surface area contributed by atoms with Gasteiger partial charge in [-0.1, -0.05) is 24.6 Å². The predicted molar refractivity (Wildman–Crippen MR) is 59.3 cm³/mol. The van der Waals surface area contributed by atoms with Crippen molar-refractivity contribution in [1.29, 1.82) is 0 Å². The number of hydrogen-bond donors (Lipinski definition) is 1. The van der Waals surface area contributed by atoms with Crippen molar-refractivity contribution in [3.8, 4) is 0 Å². The van der Waals surface area contributed by atoms with Gasteiger partial charge < -0.3 is 5.32 Å². The molecule has 1 saturated carbocycles. The van der Waals surface area contributed by atoms with Crippen molar-refractivity contribution in [2.75, 3.05) is 12.3 Å². The van der Waals surface area contributed by atoms with Gasteiger partial charge in [0.1, 0.15) is 0 Å². The molecule has 13 heavy (non-hydrogen) atoms. The minimum absolute atomic E-state index is 0.622. The average molecular weight is 198 g/mol. The molecule has 2 rings (SSSR count). The Morgan fingerprint density at radius 3 is 3.08 bits per heavy atom. The van der Waals surface area contributed by atoms with Gasteiger partial charge >= 0.3 is 0 Å². The molecule has 0 spiro atoms. The summed E-state index contributed by atoms with van der Waals surface area (Å²) in [6.45, 7) is 3.29. The van der Waals surface area contributed by atoms with Gasteiger partial charge in [-0.15, -0.1) is 0 Å². The van der Waals surface area contributed by atoms with Gasteiger partial charge in [0.15, 0.2) is 5.17 Å². The van der Waals surface area contributed by atoms with Crippen molar-refractivity contribution < 1.29 is 0 Å². The van der Waals surface area contributed by atoms with Crippen LogP contribution in [0.5, 0.6) is 0 Å². The van der Waals surface area contributed by atoms with E-state index in [1.165, 1.54) is 36.6 Å². The van der Waals surface area contributed by atoms with Gasteiger partial charge in [0.2, 0.25) is 0 Å². The number of thioether (sulfide) groups is 1. The Morgan fingerprint density at radius 1 is 1.62 bits per heavy atom. The summed E-state index contributed by atoms with van der Waals surface area (Å²) < 4.78 is 0. The molecule has 0 aromatic rings. The second kappa shape index (κ2) is 4.36. The number of amidine groups is 1. The molecule has 1 aliphatic heterocycles. The van der Waals surface area contributed by atoms with Gasteiger partial charge in [0, 0.05) is 18.3 Å². The zero-order valence-electron chi connectivity index (χ0n) is 8.25. The van der Waals surface area contributed by atoms with Crippen molar-refractivity contribution in [3.63, 3.8) is 0 Å². The smallest absolute Gasteiger partial charge is 0.156 e. The molecule has 1 N–H and O–H groups in total. The normalized spacial score (nSPS) is 25.2. The van der Waals surface area contributed by atoms with E-state index in [4.69, 9.17) is 0 Å². The van der Waals surface area contributed by atoms with E-state index in [-0.39, 0.29) is 0 Å². The Kier molecular flexibility index (Phi) is 3.14. The standard InChI is InChI=1S/C10H18N2S/c1-8(7-9-3-4-9)12-10-11-5-2-6-13-10/h8-9H,2-7H2,1H3,(H,11,12). The predicted octanol–water partition coefficient (Wildman–Crippen LogP) is 2.26. The number of nitrogens with zero attached hydrogens (tertiary/aromatic N) is 1. The lowest BCUT2D eigenvalue weighted by molar-refractivity contribution is 0.565. The van der Waals surface area contributed by atoms with Crippen molar-refractivity contribution in [2.45, 2.75) is 38.6 Å². The summed E-state index contributed by atoms with van der Waals surface area (Å²) in [5, 5.41) is 4.68. The second-order valence-electron chi connectivity index (χ2n) is 4.11. The zero-order chi connectivity index (χ0) is 9.10. The van der Waals surface area contributed by atoms with E-state index in [9.17, 15) is 0 Å². The summed E-state index contributed by atoms with van der Waals surface area (Å²) >= 11 is 1.88. The molecule has 0 amide bonds. The molecule has 3 heteroatoms. The molecule has 1 aliphatic carbocycles. The first-order chi connectivity index (χ1) is 6.34. The maximum absolute atomic E-state index is 4.47. The van der Waals surface area contributed by atoms with Crippen molar-refractivity contribution >= 4 is 16.9 Å². The average Bonchev–Trinajstić information content (AvgIpc) is 2.90. The summed E-state index contributed by atoms with van der Waals surface area (Å²) in [7, 11) is 0. The quantitative estimate of drug-likeness (QED) is 0.752. The van der Waals surface area contributed by atoms with Crippen LogP contribution in [0.3, 0.4) is 0 Å². The Morgan fingerprint density at radius 2 is 2.46 bits per heavy atom. The molecular weight excluding hydrogens is 180 g/mol. The van der Waals surface area contributed by atoms with E-state index in [0.717, 1.165) is 12.5 Å². The van der Waals surface area contributed by atoms with Crippen LogP contribution in [0.4, 0.5) is 0 Å². The molecule has 74 valence electrons. The zero-order valence-corrected chi connectivity index (χ0v) is 9.07. The SMILES string of the molecule is CC(CC1CC1)NC1=NCCCS1. The minimum atomic E-state index is 0.622. The third-order valence-electron chi connectivity index (χ3n) is 2.55. The largest absolute Gasteiger partial charge is 0.362 e. The van der Waals surface area contributed by atoms with E-state index in [1.807, 2.05) is 11.8 Å². The van der Waals surface area contributed by atoms with Crippen LogP contribution in [0, 0.1) is 5.92 Å². The lowest BCUT2D eigenvalue weighted by Gasteiger charge is -2.18. The lowest BCUT2D eigenvalue weighted by Crippen LogP contribution is -2.32. The molecule has 1 unspecified atom stereocenters. The van der Waals surface area contributed by atoms with Crippen LogP contribution in [0.1, 0.15) is 32.6 Å². The lowest BCUT2D eigenvalue weighted by atomic mass is 10.2. The number of nitrogens with one attached hydrogen (secondary N) is 1. The highest BCUT2D eigenvalue weighted by Crippen LogP contribution is 2.33. The van der Waals surface area contributed by atoms with Crippen LogP contribution in [0.25, 0.3) is 0 Å². The number of hydrogen-bond acceptors (Lipinski definition) is 3. The topological polar surface area (TPSA) is 24.4 Å². The van der Waals surface area contributed by atoms with Crippen LogP contribution < -0.4 is 5.32 Å². The first kappa shape index (κ1) is 9.38. The van der Waals surface area contributed by atoms with Crippen LogP contribution in [-0.2, 0) is 0 Å². The summed E-state index contributed by atoms with van der Waals surface area (Å²) in [5.41, 5.74) is 0.